The van der Waals surface area contributed by atoms with Crippen LogP contribution in [0.2, 0.25) is 5.15 Å². The highest BCUT2D eigenvalue weighted by atomic mass is 35.5. The fourth-order valence-electron chi connectivity index (χ4n) is 1.42. The van der Waals surface area contributed by atoms with Gasteiger partial charge in [-0.3, -0.25) is 0 Å². The molecule has 0 unspecified atom stereocenters. The van der Waals surface area contributed by atoms with E-state index in [1.54, 1.807) is 4.68 Å². The molecule has 0 radical (unpaired) electrons. The second-order valence-electron chi connectivity index (χ2n) is 3.44. The molecular weight excluding hydrogens is 174 g/mol. The largest absolute Gasteiger partial charge is 0.233 e. The normalized spacial score (nSPS) is 17.8. The zero-order valence-electron chi connectivity index (χ0n) is 7.13. The standard InChI is InChI=1S/C8H12ClN3/c1-6-8(9)12(11-10-6)5-7-3-2-4-7/h7H,2-5H2,1H3. The molecular formula is C8H12ClN3. The predicted molar refractivity (Wildman–Crippen MR) is 47.1 cm³/mol. The van der Waals surface area contributed by atoms with Crippen LogP contribution >= 0.6 is 11.6 Å². The molecule has 2 rings (SSSR count). The second-order valence-corrected chi connectivity index (χ2v) is 3.80. The van der Waals surface area contributed by atoms with E-state index in [0.717, 1.165) is 18.2 Å². The summed E-state index contributed by atoms with van der Waals surface area (Å²) in [6.07, 6.45) is 3.99. The molecule has 0 atom stereocenters. The van der Waals surface area contributed by atoms with Crippen LogP contribution in [0.3, 0.4) is 0 Å². The first-order chi connectivity index (χ1) is 5.77. The quantitative estimate of drug-likeness (QED) is 0.706. The fourth-order valence-corrected chi connectivity index (χ4v) is 1.57. The van der Waals surface area contributed by atoms with Gasteiger partial charge >= 0.3 is 0 Å². The van der Waals surface area contributed by atoms with Gasteiger partial charge in [-0.2, -0.15) is 0 Å². The summed E-state index contributed by atoms with van der Waals surface area (Å²) < 4.78 is 1.81. The van der Waals surface area contributed by atoms with Gasteiger partial charge in [0.2, 0.25) is 0 Å². The highest BCUT2D eigenvalue weighted by Crippen LogP contribution is 2.28. The van der Waals surface area contributed by atoms with Gasteiger partial charge in [0, 0.05) is 6.54 Å². The first-order valence-electron chi connectivity index (χ1n) is 4.33. The third kappa shape index (κ3) is 1.33. The van der Waals surface area contributed by atoms with Crippen molar-refractivity contribution in [2.24, 2.45) is 5.92 Å². The Morgan fingerprint density at radius 3 is 2.75 bits per heavy atom. The van der Waals surface area contributed by atoms with Gasteiger partial charge in [-0.05, 0) is 25.7 Å². The van der Waals surface area contributed by atoms with Crippen LogP contribution in [0, 0.1) is 12.8 Å². The molecule has 1 saturated carbocycles. The van der Waals surface area contributed by atoms with Crippen molar-refractivity contribution in [1.29, 1.82) is 0 Å². The monoisotopic (exact) mass is 185 g/mol. The van der Waals surface area contributed by atoms with Crippen molar-refractivity contribution in [1.82, 2.24) is 15.0 Å². The van der Waals surface area contributed by atoms with Gasteiger partial charge in [0.1, 0.15) is 5.15 Å². The summed E-state index contributed by atoms with van der Waals surface area (Å²) in [7, 11) is 0. The number of nitrogens with zero attached hydrogens (tertiary/aromatic N) is 3. The smallest absolute Gasteiger partial charge is 0.150 e. The third-order valence-electron chi connectivity index (χ3n) is 2.48. The van der Waals surface area contributed by atoms with Crippen molar-refractivity contribution in [2.45, 2.75) is 32.7 Å². The van der Waals surface area contributed by atoms with Crippen molar-refractivity contribution in [3.05, 3.63) is 10.8 Å². The van der Waals surface area contributed by atoms with E-state index in [-0.39, 0.29) is 0 Å². The van der Waals surface area contributed by atoms with Gasteiger partial charge in [-0.1, -0.05) is 23.2 Å². The van der Waals surface area contributed by atoms with Crippen LogP contribution in [0.5, 0.6) is 0 Å². The summed E-state index contributed by atoms with van der Waals surface area (Å²) in [6, 6.07) is 0. The van der Waals surface area contributed by atoms with Crippen molar-refractivity contribution >= 4 is 11.6 Å². The Balaban J connectivity index is 2.06. The minimum atomic E-state index is 0.696. The van der Waals surface area contributed by atoms with Gasteiger partial charge < -0.3 is 0 Å². The molecule has 1 aliphatic carbocycles. The summed E-state index contributed by atoms with van der Waals surface area (Å²) >= 11 is 5.97. The number of halogens is 1. The zero-order chi connectivity index (χ0) is 8.55. The highest BCUT2D eigenvalue weighted by Gasteiger charge is 2.19. The molecule has 0 bridgehead atoms. The Morgan fingerprint density at radius 2 is 2.33 bits per heavy atom. The Kier molecular flexibility index (Phi) is 2.05. The van der Waals surface area contributed by atoms with Crippen LogP contribution in [-0.4, -0.2) is 15.0 Å². The molecule has 0 saturated heterocycles. The van der Waals surface area contributed by atoms with Crippen LogP contribution in [-0.2, 0) is 6.54 Å². The van der Waals surface area contributed by atoms with Crippen LogP contribution in [0.15, 0.2) is 0 Å². The summed E-state index contributed by atoms with van der Waals surface area (Å²) in [6.45, 7) is 2.83. The van der Waals surface area contributed by atoms with Crippen LogP contribution in [0.25, 0.3) is 0 Å². The molecule has 0 N–H and O–H groups in total. The molecule has 0 aliphatic heterocycles. The molecule has 1 aliphatic rings. The van der Waals surface area contributed by atoms with Crippen LogP contribution in [0.4, 0.5) is 0 Å². The zero-order valence-corrected chi connectivity index (χ0v) is 7.88. The van der Waals surface area contributed by atoms with Gasteiger partial charge in [0.05, 0.1) is 5.69 Å². The van der Waals surface area contributed by atoms with Gasteiger partial charge in [0.15, 0.2) is 0 Å². The van der Waals surface area contributed by atoms with Gasteiger partial charge in [-0.15, -0.1) is 5.10 Å². The lowest BCUT2D eigenvalue weighted by Gasteiger charge is -2.24. The number of hydrogen-bond acceptors (Lipinski definition) is 2. The van der Waals surface area contributed by atoms with Crippen LogP contribution in [0.1, 0.15) is 25.0 Å². The SMILES string of the molecule is Cc1nnn(CC2CCC2)c1Cl. The highest BCUT2D eigenvalue weighted by molar-refractivity contribution is 6.30. The van der Waals surface area contributed by atoms with Crippen molar-refractivity contribution in [2.75, 3.05) is 0 Å². The van der Waals surface area contributed by atoms with E-state index < -0.39 is 0 Å². The van der Waals surface area contributed by atoms with Crippen molar-refractivity contribution in [3.8, 4) is 0 Å². The lowest BCUT2D eigenvalue weighted by atomic mass is 9.85. The lowest BCUT2D eigenvalue weighted by molar-refractivity contribution is 0.264. The molecule has 12 heavy (non-hydrogen) atoms. The van der Waals surface area contributed by atoms with E-state index in [0.29, 0.717) is 5.15 Å². The Bertz CT molecular complexity index is 278. The maximum absolute atomic E-state index is 5.97. The minimum Gasteiger partial charge on any atom is -0.233 e. The van der Waals surface area contributed by atoms with E-state index in [1.807, 2.05) is 6.92 Å². The number of aryl methyl sites for hydroxylation is 1. The first kappa shape index (κ1) is 8.05. The number of hydrogen-bond donors (Lipinski definition) is 0. The lowest BCUT2D eigenvalue weighted by Crippen LogP contribution is -2.18. The summed E-state index contributed by atoms with van der Waals surface area (Å²) in [5.41, 5.74) is 0.830. The fraction of sp³-hybridized carbons (Fsp3) is 0.750. The third-order valence-corrected chi connectivity index (χ3v) is 2.95. The Morgan fingerprint density at radius 1 is 1.58 bits per heavy atom. The van der Waals surface area contributed by atoms with E-state index in [9.17, 15) is 0 Å². The molecule has 0 spiro atoms. The van der Waals surface area contributed by atoms with E-state index in [4.69, 9.17) is 11.6 Å². The Labute approximate surface area is 76.7 Å². The minimum absolute atomic E-state index is 0.696. The molecule has 66 valence electrons. The molecule has 1 aromatic heterocycles. The summed E-state index contributed by atoms with van der Waals surface area (Å²) in [5.74, 6) is 0.781. The van der Waals surface area contributed by atoms with E-state index >= 15 is 0 Å². The molecule has 1 heterocycles. The molecule has 1 fully saturated rings. The Hall–Kier alpha value is -0.570. The number of aromatic nitrogens is 3. The average Bonchev–Trinajstić information content (AvgIpc) is 2.27. The first-order valence-corrected chi connectivity index (χ1v) is 4.71. The van der Waals surface area contributed by atoms with E-state index in [2.05, 4.69) is 10.3 Å². The van der Waals surface area contributed by atoms with Gasteiger partial charge in [0.25, 0.3) is 0 Å². The molecule has 4 heteroatoms. The average molecular weight is 186 g/mol. The van der Waals surface area contributed by atoms with Gasteiger partial charge in [-0.25, -0.2) is 4.68 Å². The maximum atomic E-state index is 5.97. The number of rotatable bonds is 2. The molecule has 0 aromatic carbocycles. The maximum Gasteiger partial charge on any atom is 0.150 e. The summed E-state index contributed by atoms with van der Waals surface area (Å²) in [4.78, 5) is 0. The molecule has 1 aromatic rings. The topological polar surface area (TPSA) is 30.7 Å². The van der Waals surface area contributed by atoms with Crippen LogP contribution < -0.4 is 0 Å². The molecule has 3 nitrogen and oxygen atoms in total. The van der Waals surface area contributed by atoms with Crippen molar-refractivity contribution in [3.63, 3.8) is 0 Å². The predicted octanol–water partition coefficient (Wildman–Crippen LogP) is 2.04. The van der Waals surface area contributed by atoms with E-state index in [1.165, 1.54) is 19.3 Å². The molecule has 0 amide bonds. The summed E-state index contributed by atoms with van der Waals surface area (Å²) in [5, 5.41) is 8.58. The second kappa shape index (κ2) is 3.05. The van der Waals surface area contributed by atoms with Crippen molar-refractivity contribution < 1.29 is 0 Å².